The molecule has 2 bridgehead atoms. The molecule has 2 aliphatic carbocycles. The highest BCUT2D eigenvalue weighted by Crippen LogP contribution is 2.74. The van der Waals surface area contributed by atoms with Crippen molar-refractivity contribution in [3.8, 4) is 0 Å². The molecule has 1 fully saturated rings. The fourth-order valence-corrected chi connectivity index (χ4v) is 8.77. The van der Waals surface area contributed by atoms with Gasteiger partial charge in [0.1, 0.15) is 10.4 Å². The van der Waals surface area contributed by atoms with Crippen molar-refractivity contribution in [2.24, 2.45) is 5.92 Å². The fourth-order valence-electron chi connectivity index (χ4n) is 3.76. The minimum Gasteiger partial charge on any atom is -0.460 e. The second-order valence-electron chi connectivity index (χ2n) is 5.50. The molecular formula is C14H18Br4O4. The molecule has 0 saturated heterocycles. The van der Waals surface area contributed by atoms with Gasteiger partial charge < -0.3 is 14.2 Å². The summed E-state index contributed by atoms with van der Waals surface area (Å²) in [6.45, 7) is 3.52. The molecule has 0 spiro atoms. The summed E-state index contributed by atoms with van der Waals surface area (Å²) in [4.78, 5) is 11.7. The molecule has 2 aliphatic rings. The van der Waals surface area contributed by atoms with Crippen LogP contribution in [0.15, 0.2) is 8.96 Å². The van der Waals surface area contributed by atoms with Gasteiger partial charge in [0.2, 0.25) is 5.79 Å². The molecular weight excluding hydrogens is 552 g/mol. The molecule has 22 heavy (non-hydrogen) atoms. The predicted octanol–water partition coefficient (Wildman–Crippen LogP) is 4.62. The van der Waals surface area contributed by atoms with Gasteiger partial charge >= 0.3 is 5.97 Å². The van der Waals surface area contributed by atoms with Gasteiger partial charge in [-0.15, -0.1) is 0 Å². The SMILES string of the molecule is CCCC1C(OC(C)=O)C2(Br)C(Br)=C(Br)C1(Br)C2(OC)OC. The smallest absolute Gasteiger partial charge is 0.302 e. The molecule has 0 aromatic carbocycles. The monoisotopic (exact) mass is 566 g/mol. The lowest BCUT2D eigenvalue weighted by Gasteiger charge is -2.41. The standard InChI is InChI=1S/C14H18Br4O4/c1-5-6-8-11(22-7(2)19)13(18)10(16)9(15)12(8,17)14(13,20-3)21-4/h8,11H,5-6H2,1-4H3. The van der Waals surface area contributed by atoms with Gasteiger partial charge in [0.15, 0.2) is 4.32 Å². The molecule has 1 saturated carbocycles. The Kier molecular flexibility index (Phi) is 5.64. The molecule has 0 aromatic heterocycles. The zero-order chi connectivity index (χ0) is 16.9. The van der Waals surface area contributed by atoms with Crippen LogP contribution in [0.3, 0.4) is 0 Å². The first-order valence-corrected chi connectivity index (χ1v) is 10.1. The van der Waals surface area contributed by atoms with Gasteiger partial charge in [0.25, 0.3) is 0 Å². The zero-order valence-corrected chi connectivity index (χ0v) is 19.1. The molecule has 0 amide bonds. The van der Waals surface area contributed by atoms with Crippen molar-refractivity contribution >= 4 is 69.7 Å². The summed E-state index contributed by atoms with van der Waals surface area (Å²) in [6.07, 6.45) is 1.36. The Balaban J connectivity index is 2.72. The number of methoxy groups -OCH3 is 2. The average Bonchev–Trinajstić information content (AvgIpc) is 2.70. The number of carbonyl (C=O) groups excluding carboxylic acids is 1. The number of fused-ring (bicyclic) bond motifs is 2. The van der Waals surface area contributed by atoms with Crippen molar-refractivity contribution < 1.29 is 19.0 Å². The van der Waals surface area contributed by atoms with Crippen molar-refractivity contribution in [3.05, 3.63) is 8.96 Å². The normalized spacial score (nSPS) is 39.5. The highest BCUT2D eigenvalue weighted by atomic mass is 79.9. The maximum Gasteiger partial charge on any atom is 0.302 e. The molecule has 2 rings (SSSR count). The van der Waals surface area contributed by atoms with Crippen molar-refractivity contribution in [1.82, 2.24) is 0 Å². The second kappa shape index (κ2) is 6.41. The van der Waals surface area contributed by atoms with Gasteiger partial charge in [-0.25, -0.2) is 0 Å². The first-order chi connectivity index (χ1) is 10.2. The van der Waals surface area contributed by atoms with E-state index in [2.05, 4.69) is 70.6 Å². The third kappa shape index (κ3) is 2.06. The number of hydrogen-bond acceptors (Lipinski definition) is 4. The molecule has 0 heterocycles. The van der Waals surface area contributed by atoms with E-state index in [1.807, 2.05) is 0 Å². The number of ether oxygens (including phenoxy) is 3. The summed E-state index contributed by atoms with van der Waals surface area (Å²) in [6, 6.07) is 0. The van der Waals surface area contributed by atoms with Crippen LogP contribution < -0.4 is 0 Å². The summed E-state index contributed by atoms with van der Waals surface area (Å²) in [5, 5.41) is 0. The van der Waals surface area contributed by atoms with E-state index in [0.29, 0.717) is 0 Å². The van der Waals surface area contributed by atoms with E-state index in [4.69, 9.17) is 14.2 Å². The number of halogens is 4. The van der Waals surface area contributed by atoms with Crippen LogP contribution in [0.25, 0.3) is 0 Å². The minimum atomic E-state index is -1.06. The third-order valence-electron chi connectivity index (χ3n) is 4.53. The fraction of sp³-hybridized carbons (Fsp3) is 0.786. The number of hydrogen-bond donors (Lipinski definition) is 0. The van der Waals surface area contributed by atoms with E-state index in [9.17, 15) is 4.79 Å². The number of rotatable bonds is 5. The van der Waals surface area contributed by atoms with Gasteiger partial charge in [-0.2, -0.15) is 0 Å². The quantitative estimate of drug-likeness (QED) is 0.275. The molecule has 0 radical (unpaired) electrons. The van der Waals surface area contributed by atoms with Crippen LogP contribution in [0.1, 0.15) is 26.7 Å². The van der Waals surface area contributed by atoms with Gasteiger partial charge in [-0.05, 0) is 6.42 Å². The Morgan fingerprint density at radius 1 is 1.14 bits per heavy atom. The first-order valence-electron chi connectivity index (χ1n) is 6.90. The average molecular weight is 570 g/mol. The van der Waals surface area contributed by atoms with E-state index >= 15 is 0 Å². The maximum atomic E-state index is 11.7. The molecule has 0 aliphatic heterocycles. The van der Waals surface area contributed by atoms with Crippen molar-refractivity contribution in [3.63, 3.8) is 0 Å². The Hall–Kier alpha value is 1.05. The highest BCUT2D eigenvalue weighted by Gasteiger charge is 2.84. The second-order valence-corrected chi connectivity index (χ2v) is 9.59. The van der Waals surface area contributed by atoms with Crippen LogP contribution >= 0.6 is 63.7 Å². The van der Waals surface area contributed by atoms with Gasteiger partial charge in [0.05, 0.1) is 0 Å². The number of esters is 1. The molecule has 4 atom stereocenters. The summed E-state index contributed by atoms with van der Waals surface area (Å²) in [5.74, 6) is -1.40. The summed E-state index contributed by atoms with van der Waals surface area (Å²) in [5.41, 5.74) is 0. The number of carbonyl (C=O) groups is 1. The number of alkyl halides is 2. The third-order valence-corrected chi connectivity index (χ3v) is 11.0. The molecule has 0 N–H and O–H groups in total. The Morgan fingerprint density at radius 3 is 2.05 bits per heavy atom. The largest absolute Gasteiger partial charge is 0.460 e. The lowest BCUT2D eigenvalue weighted by molar-refractivity contribution is -0.217. The first kappa shape index (κ1) is 19.4. The Labute approximate surface area is 164 Å². The Morgan fingerprint density at radius 2 is 1.64 bits per heavy atom. The minimum absolute atomic E-state index is 0.0173. The van der Waals surface area contributed by atoms with E-state index in [1.54, 1.807) is 14.2 Å². The van der Waals surface area contributed by atoms with Crippen LogP contribution in [-0.2, 0) is 19.0 Å². The lowest BCUT2D eigenvalue weighted by atomic mass is 9.86. The molecule has 126 valence electrons. The van der Waals surface area contributed by atoms with E-state index in [-0.39, 0.29) is 11.9 Å². The maximum absolute atomic E-state index is 11.7. The van der Waals surface area contributed by atoms with Crippen molar-refractivity contribution in [2.75, 3.05) is 14.2 Å². The van der Waals surface area contributed by atoms with Gasteiger partial charge in [0, 0.05) is 36.0 Å². The predicted molar refractivity (Wildman–Crippen MR) is 98.9 cm³/mol. The molecule has 8 heteroatoms. The summed E-state index contributed by atoms with van der Waals surface area (Å²) >= 11 is 14.9. The van der Waals surface area contributed by atoms with Crippen LogP contribution in [0.4, 0.5) is 0 Å². The van der Waals surface area contributed by atoms with Crippen LogP contribution in [-0.4, -0.2) is 40.7 Å². The van der Waals surface area contributed by atoms with Crippen molar-refractivity contribution in [1.29, 1.82) is 0 Å². The van der Waals surface area contributed by atoms with Crippen LogP contribution in [0, 0.1) is 5.92 Å². The summed E-state index contributed by atoms with van der Waals surface area (Å²) < 4.78 is 17.6. The molecule has 0 aromatic rings. The lowest BCUT2D eigenvalue weighted by Crippen LogP contribution is -2.57. The molecule has 4 nitrogen and oxygen atoms in total. The van der Waals surface area contributed by atoms with E-state index < -0.39 is 20.5 Å². The van der Waals surface area contributed by atoms with Crippen LogP contribution in [0.2, 0.25) is 0 Å². The summed E-state index contributed by atoms with van der Waals surface area (Å²) in [7, 11) is 3.20. The van der Waals surface area contributed by atoms with E-state index in [0.717, 1.165) is 21.8 Å². The topological polar surface area (TPSA) is 44.8 Å². The van der Waals surface area contributed by atoms with E-state index in [1.165, 1.54) is 6.92 Å². The molecule has 4 unspecified atom stereocenters. The van der Waals surface area contributed by atoms with Gasteiger partial charge in [-0.1, -0.05) is 77.1 Å². The van der Waals surface area contributed by atoms with Crippen LogP contribution in [0.5, 0.6) is 0 Å². The zero-order valence-electron chi connectivity index (χ0n) is 12.7. The Bertz CT molecular complexity index is 519. The van der Waals surface area contributed by atoms with Crippen molar-refractivity contribution in [2.45, 2.75) is 47.2 Å². The van der Waals surface area contributed by atoms with Gasteiger partial charge in [-0.3, -0.25) is 4.79 Å². The highest BCUT2D eigenvalue weighted by molar-refractivity contribution is 9.16.